The lowest BCUT2D eigenvalue weighted by atomic mass is 10.1. The Kier molecular flexibility index (Phi) is 5.36. The summed E-state index contributed by atoms with van der Waals surface area (Å²) in [4.78, 5) is 0.335. The molecule has 0 aliphatic heterocycles. The molecule has 5 heteroatoms. The number of hydrogen-bond acceptors (Lipinski definition) is 3. The number of aryl methyl sites for hydroxylation is 2. The van der Waals surface area contributed by atoms with E-state index in [9.17, 15) is 8.42 Å². The number of unbranched alkanes of at least 4 members (excludes halogenated alkanes) is 1. The second-order valence-electron chi connectivity index (χ2n) is 5.14. The van der Waals surface area contributed by atoms with E-state index in [2.05, 4.69) is 6.58 Å². The summed E-state index contributed by atoms with van der Waals surface area (Å²) in [6, 6.07) is 1.83. The van der Waals surface area contributed by atoms with E-state index in [0.29, 0.717) is 22.7 Å². The number of allylic oxidation sites excluding steroid dienone is 1. The normalized spacial score (nSPS) is 11.8. The molecule has 0 fully saturated rings. The predicted molar refractivity (Wildman–Crippen MR) is 84.3 cm³/mol. The van der Waals surface area contributed by atoms with Crippen LogP contribution in [0.25, 0.3) is 0 Å². The number of anilines is 1. The molecule has 0 aliphatic carbocycles. The Morgan fingerprint density at radius 3 is 2.45 bits per heavy atom. The highest BCUT2D eigenvalue weighted by molar-refractivity contribution is 7.89. The van der Waals surface area contributed by atoms with Crippen molar-refractivity contribution in [2.24, 2.45) is 0 Å². The molecule has 0 saturated heterocycles. The van der Waals surface area contributed by atoms with Crippen molar-refractivity contribution >= 4 is 15.7 Å². The van der Waals surface area contributed by atoms with E-state index in [1.165, 1.54) is 4.31 Å². The average molecular weight is 296 g/mol. The van der Waals surface area contributed by atoms with Gasteiger partial charge in [0.25, 0.3) is 0 Å². The van der Waals surface area contributed by atoms with Gasteiger partial charge < -0.3 is 5.73 Å². The van der Waals surface area contributed by atoms with Gasteiger partial charge >= 0.3 is 0 Å². The van der Waals surface area contributed by atoms with Gasteiger partial charge in [-0.3, -0.25) is 0 Å². The van der Waals surface area contributed by atoms with Crippen LogP contribution >= 0.6 is 0 Å². The monoisotopic (exact) mass is 296 g/mol. The average Bonchev–Trinajstić information content (AvgIpc) is 2.35. The second kappa shape index (κ2) is 6.41. The fourth-order valence-electron chi connectivity index (χ4n) is 2.31. The van der Waals surface area contributed by atoms with Crippen molar-refractivity contribution in [3.05, 3.63) is 35.4 Å². The minimum atomic E-state index is -3.50. The zero-order chi connectivity index (χ0) is 15.5. The van der Waals surface area contributed by atoms with Gasteiger partial charge in [-0.1, -0.05) is 12.1 Å². The molecule has 0 heterocycles. The first kappa shape index (κ1) is 16.7. The summed E-state index contributed by atoms with van der Waals surface area (Å²) in [5.41, 5.74) is 8.81. The molecule has 1 aromatic rings. The summed E-state index contributed by atoms with van der Waals surface area (Å²) < 4.78 is 26.7. The summed E-state index contributed by atoms with van der Waals surface area (Å²) >= 11 is 0. The van der Waals surface area contributed by atoms with Crippen LogP contribution in [0.4, 0.5) is 5.69 Å². The van der Waals surface area contributed by atoms with E-state index < -0.39 is 10.0 Å². The third-order valence-corrected chi connectivity index (χ3v) is 5.66. The summed E-state index contributed by atoms with van der Waals surface area (Å²) in [6.45, 7) is 9.58. The molecular formula is C15H24N2O2S. The number of hydrogen-bond donors (Lipinski definition) is 1. The van der Waals surface area contributed by atoms with Gasteiger partial charge in [0.15, 0.2) is 0 Å². The molecule has 20 heavy (non-hydrogen) atoms. The molecule has 0 spiro atoms. The minimum absolute atomic E-state index is 0.335. The van der Waals surface area contributed by atoms with Crippen LogP contribution in [0.3, 0.4) is 0 Å². The fraction of sp³-hybridized carbons (Fsp3) is 0.467. The summed E-state index contributed by atoms with van der Waals surface area (Å²) in [6.07, 6.45) is 3.35. The maximum Gasteiger partial charge on any atom is 0.243 e. The molecule has 1 aromatic carbocycles. The topological polar surface area (TPSA) is 63.4 Å². The highest BCUT2D eigenvalue weighted by atomic mass is 32.2. The Morgan fingerprint density at radius 1 is 1.30 bits per heavy atom. The zero-order valence-electron chi connectivity index (χ0n) is 12.7. The van der Waals surface area contributed by atoms with Crippen LogP contribution in [0.1, 0.15) is 29.5 Å². The Labute approximate surface area is 122 Å². The lowest BCUT2D eigenvalue weighted by molar-refractivity contribution is 0.462. The SMILES string of the molecule is C=CCCCN(C)S(=O)(=O)c1c(C)cc(C)c(N)c1C. The maximum absolute atomic E-state index is 12.7. The van der Waals surface area contributed by atoms with Crippen LogP contribution < -0.4 is 5.73 Å². The molecule has 0 aromatic heterocycles. The Bertz CT molecular complexity index is 607. The molecule has 0 saturated carbocycles. The first-order chi connectivity index (χ1) is 9.23. The molecule has 2 N–H and O–H groups in total. The number of nitrogens with zero attached hydrogens (tertiary/aromatic N) is 1. The molecule has 1 rings (SSSR count). The molecule has 0 atom stereocenters. The van der Waals surface area contributed by atoms with Gasteiger partial charge in [0.05, 0.1) is 4.90 Å². The van der Waals surface area contributed by atoms with E-state index in [1.54, 1.807) is 20.0 Å². The van der Waals surface area contributed by atoms with Gasteiger partial charge in [-0.15, -0.1) is 6.58 Å². The van der Waals surface area contributed by atoms with Crippen molar-refractivity contribution in [1.29, 1.82) is 0 Å². The molecule has 0 aliphatic rings. The molecule has 0 bridgehead atoms. The fourth-order valence-corrected chi connectivity index (χ4v) is 3.96. The van der Waals surface area contributed by atoms with Crippen LogP contribution in [-0.4, -0.2) is 26.3 Å². The van der Waals surface area contributed by atoms with Crippen molar-refractivity contribution in [2.75, 3.05) is 19.3 Å². The third kappa shape index (κ3) is 3.22. The third-order valence-electron chi connectivity index (χ3n) is 3.51. The van der Waals surface area contributed by atoms with Crippen LogP contribution in [0.2, 0.25) is 0 Å². The number of benzene rings is 1. The molecule has 0 radical (unpaired) electrons. The van der Waals surface area contributed by atoms with Gasteiger partial charge in [-0.25, -0.2) is 12.7 Å². The molecule has 0 amide bonds. The lowest BCUT2D eigenvalue weighted by Crippen LogP contribution is -2.29. The Hall–Kier alpha value is -1.33. The Morgan fingerprint density at radius 2 is 1.90 bits per heavy atom. The quantitative estimate of drug-likeness (QED) is 0.499. The van der Waals surface area contributed by atoms with Crippen LogP contribution in [0.15, 0.2) is 23.6 Å². The van der Waals surface area contributed by atoms with E-state index in [0.717, 1.165) is 24.0 Å². The number of nitrogens with two attached hydrogens (primary N) is 1. The first-order valence-corrected chi connectivity index (χ1v) is 8.11. The number of nitrogen functional groups attached to an aromatic ring is 1. The van der Waals surface area contributed by atoms with Crippen molar-refractivity contribution in [2.45, 2.75) is 38.5 Å². The van der Waals surface area contributed by atoms with Crippen molar-refractivity contribution < 1.29 is 8.42 Å². The summed E-state index contributed by atoms with van der Waals surface area (Å²) in [7, 11) is -1.90. The molecular weight excluding hydrogens is 272 g/mol. The van der Waals surface area contributed by atoms with Gasteiger partial charge in [0.1, 0.15) is 0 Å². The predicted octanol–water partition coefficient (Wildman–Crippen LogP) is 2.78. The van der Waals surface area contributed by atoms with Gasteiger partial charge in [0.2, 0.25) is 10.0 Å². The zero-order valence-corrected chi connectivity index (χ0v) is 13.5. The smallest absolute Gasteiger partial charge is 0.243 e. The maximum atomic E-state index is 12.7. The van der Waals surface area contributed by atoms with Crippen molar-refractivity contribution in [3.63, 3.8) is 0 Å². The Balaban J connectivity index is 3.22. The number of sulfonamides is 1. The number of rotatable bonds is 6. The molecule has 0 unspecified atom stereocenters. The highest BCUT2D eigenvalue weighted by Gasteiger charge is 2.26. The van der Waals surface area contributed by atoms with E-state index >= 15 is 0 Å². The largest absolute Gasteiger partial charge is 0.398 e. The molecule has 4 nitrogen and oxygen atoms in total. The van der Waals surface area contributed by atoms with E-state index in [4.69, 9.17) is 5.73 Å². The standard InChI is InChI=1S/C15H24N2O2S/c1-6-7-8-9-17(5)20(18,19)15-12(3)10-11(2)14(16)13(15)4/h6,10H,1,7-9,16H2,2-5H3. The van der Waals surface area contributed by atoms with Crippen LogP contribution in [0.5, 0.6) is 0 Å². The molecule has 112 valence electrons. The van der Waals surface area contributed by atoms with Gasteiger partial charge in [0, 0.05) is 19.3 Å². The van der Waals surface area contributed by atoms with Crippen LogP contribution in [0, 0.1) is 20.8 Å². The highest BCUT2D eigenvalue weighted by Crippen LogP contribution is 2.29. The minimum Gasteiger partial charge on any atom is -0.398 e. The second-order valence-corrected chi connectivity index (χ2v) is 7.12. The first-order valence-electron chi connectivity index (χ1n) is 6.67. The van der Waals surface area contributed by atoms with Crippen molar-refractivity contribution in [3.8, 4) is 0 Å². The van der Waals surface area contributed by atoms with Crippen LogP contribution in [-0.2, 0) is 10.0 Å². The van der Waals surface area contributed by atoms with Crippen molar-refractivity contribution in [1.82, 2.24) is 4.31 Å². The van der Waals surface area contributed by atoms with Gasteiger partial charge in [-0.05, 0) is 50.3 Å². The van der Waals surface area contributed by atoms with Gasteiger partial charge in [-0.2, -0.15) is 0 Å². The summed E-state index contributed by atoms with van der Waals surface area (Å²) in [5, 5.41) is 0. The van der Waals surface area contributed by atoms with E-state index in [1.807, 2.05) is 19.9 Å². The van der Waals surface area contributed by atoms with E-state index in [-0.39, 0.29) is 0 Å². The lowest BCUT2D eigenvalue weighted by Gasteiger charge is -2.21. The summed E-state index contributed by atoms with van der Waals surface area (Å²) in [5.74, 6) is 0.